The second-order valence-electron chi connectivity index (χ2n) is 5.31. The standard InChI is InChI=1S/C13H19BrN2O3S/c1-5-13(3,4)16-12(17)10-6-9(14)7-11(8(10)2)20(15,18)19/h6-7H,5H2,1-4H3,(H,16,17)(H2,15,18,19). The molecule has 7 heteroatoms. The van der Waals surface area contributed by atoms with Crippen LogP contribution in [0.3, 0.4) is 0 Å². The predicted octanol–water partition coefficient (Wildman–Crippen LogP) is 2.32. The van der Waals surface area contributed by atoms with Crippen LogP contribution >= 0.6 is 15.9 Å². The number of sulfonamides is 1. The first kappa shape index (κ1) is 17.1. The molecule has 0 heterocycles. The topological polar surface area (TPSA) is 89.3 Å². The van der Waals surface area contributed by atoms with Gasteiger partial charge in [-0.05, 0) is 44.9 Å². The first-order valence-corrected chi connectivity index (χ1v) is 8.47. The maximum absolute atomic E-state index is 12.3. The molecule has 112 valence electrons. The molecule has 0 radical (unpaired) electrons. The summed E-state index contributed by atoms with van der Waals surface area (Å²) in [5, 5.41) is 8.04. The zero-order valence-electron chi connectivity index (χ0n) is 12.0. The van der Waals surface area contributed by atoms with Gasteiger partial charge in [-0.1, -0.05) is 22.9 Å². The third-order valence-electron chi connectivity index (χ3n) is 3.21. The molecular formula is C13H19BrN2O3S. The summed E-state index contributed by atoms with van der Waals surface area (Å²) in [5.41, 5.74) is 0.276. The molecule has 3 N–H and O–H groups in total. The van der Waals surface area contributed by atoms with E-state index in [9.17, 15) is 13.2 Å². The molecular weight excluding hydrogens is 344 g/mol. The van der Waals surface area contributed by atoms with Gasteiger partial charge >= 0.3 is 0 Å². The quantitative estimate of drug-likeness (QED) is 0.860. The van der Waals surface area contributed by atoms with Crippen molar-refractivity contribution in [1.82, 2.24) is 5.32 Å². The van der Waals surface area contributed by atoms with Crippen molar-refractivity contribution in [3.63, 3.8) is 0 Å². The minimum Gasteiger partial charge on any atom is -0.347 e. The van der Waals surface area contributed by atoms with Gasteiger partial charge in [0.1, 0.15) is 0 Å². The zero-order chi connectivity index (χ0) is 15.7. The molecule has 1 rings (SSSR count). The first-order chi connectivity index (χ1) is 8.98. The maximum atomic E-state index is 12.3. The molecule has 0 saturated heterocycles. The number of amides is 1. The van der Waals surface area contributed by atoms with Crippen LogP contribution in [0.25, 0.3) is 0 Å². The normalized spacial score (nSPS) is 12.3. The first-order valence-electron chi connectivity index (χ1n) is 6.13. The number of nitrogens with one attached hydrogen (secondary N) is 1. The molecule has 0 aliphatic heterocycles. The lowest BCUT2D eigenvalue weighted by Gasteiger charge is -2.25. The lowest BCUT2D eigenvalue weighted by atomic mass is 10.0. The fraction of sp³-hybridized carbons (Fsp3) is 0.462. The molecule has 0 aliphatic carbocycles. The van der Waals surface area contributed by atoms with Crippen LogP contribution in [0, 0.1) is 6.92 Å². The number of carbonyl (C=O) groups is 1. The van der Waals surface area contributed by atoms with E-state index in [4.69, 9.17) is 5.14 Å². The van der Waals surface area contributed by atoms with Crippen molar-refractivity contribution >= 4 is 31.9 Å². The summed E-state index contributed by atoms with van der Waals surface area (Å²) in [6.45, 7) is 7.33. The van der Waals surface area contributed by atoms with E-state index in [1.165, 1.54) is 6.07 Å². The van der Waals surface area contributed by atoms with Gasteiger partial charge in [0.15, 0.2) is 0 Å². The highest BCUT2D eigenvalue weighted by atomic mass is 79.9. The Balaban J connectivity index is 3.33. The van der Waals surface area contributed by atoms with Crippen molar-refractivity contribution < 1.29 is 13.2 Å². The van der Waals surface area contributed by atoms with Crippen LogP contribution in [0.4, 0.5) is 0 Å². The number of hydrogen-bond acceptors (Lipinski definition) is 3. The van der Waals surface area contributed by atoms with Crippen molar-refractivity contribution in [3.8, 4) is 0 Å². The number of benzene rings is 1. The van der Waals surface area contributed by atoms with Crippen LogP contribution in [0.15, 0.2) is 21.5 Å². The summed E-state index contributed by atoms with van der Waals surface area (Å²) in [4.78, 5) is 12.3. The summed E-state index contributed by atoms with van der Waals surface area (Å²) in [7, 11) is -3.87. The van der Waals surface area contributed by atoms with Crippen LogP contribution < -0.4 is 10.5 Å². The predicted molar refractivity (Wildman–Crippen MR) is 82.1 cm³/mol. The number of nitrogens with two attached hydrogens (primary N) is 1. The lowest BCUT2D eigenvalue weighted by molar-refractivity contribution is 0.0910. The van der Waals surface area contributed by atoms with Crippen molar-refractivity contribution in [2.45, 2.75) is 44.6 Å². The molecule has 5 nitrogen and oxygen atoms in total. The molecule has 0 unspecified atom stereocenters. The summed E-state index contributed by atoms with van der Waals surface area (Å²) < 4.78 is 23.6. The number of primary sulfonamides is 1. The average molecular weight is 363 g/mol. The van der Waals surface area contributed by atoms with Gasteiger partial charge in [0.25, 0.3) is 5.91 Å². The minimum atomic E-state index is -3.87. The highest BCUT2D eigenvalue weighted by Crippen LogP contribution is 2.24. The molecule has 1 aromatic carbocycles. The second-order valence-corrected chi connectivity index (χ2v) is 7.76. The number of carbonyl (C=O) groups excluding carboxylic acids is 1. The SMILES string of the molecule is CCC(C)(C)NC(=O)c1cc(Br)cc(S(N)(=O)=O)c1C. The van der Waals surface area contributed by atoms with E-state index in [0.717, 1.165) is 6.42 Å². The van der Waals surface area contributed by atoms with Gasteiger partial charge in [0.2, 0.25) is 10.0 Å². The molecule has 0 aliphatic rings. The van der Waals surface area contributed by atoms with E-state index >= 15 is 0 Å². The Kier molecular flexibility index (Phi) is 4.99. The lowest BCUT2D eigenvalue weighted by Crippen LogP contribution is -2.43. The monoisotopic (exact) mass is 362 g/mol. The summed E-state index contributed by atoms with van der Waals surface area (Å²) in [6.07, 6.45) is 0.758. The fourth-order valence-electron chi connectivity index (χ4n) is 1.65. The van der Waals surface area contributed by atoms with E-state index in [1.807, 2.05) is 20.8 Å². The van der Waals surface area contributed by atoms with Crippen LogP contribution in [0.5, 0.6) is 0 Å². The van der Waals surface area contributed by atoms with Gasteiger partial charge in [0, 0.05) is 15.6 Å². The molecule has 0 atom stereocenters. The van der Waals surface area contributed by atoms with Gasteiger partial charge < -0.3 is 5.32 Å². The van der Waals surface area contributed by atoms with Crippen LogP contribution in [0.1, 0.15) is 43.1 Å². The molecule has 0 spiro atoms. The Hall–Kier alpha value is -0.920. The Morgan fingerprint density at radius 1 is 1.40 bits per heavy atom. The summed E-state index contributed by atoms with van der Waals surface area (Å²) in [6, 6.07) is 2.98. The number of rotatable bonds is 4. The van der Waals surface area contributed by atoms with E-state index < -0.39 is 10.0 Å². The molecule has 1 aromatic rings. The average Bonchev–Trinajstić information content (AvgIpc) is 2.29. The van der Waals surface area contributed by atoms with Crippen LogP contribution in [0.2, 0.25) is 0 Å². The van der Waals surface area contributed by atoms with Crippen LogP contribution in [-0.2, 0) is 10.0 Å². The smallest absolute Gasteiger partial charge is 0.252 e. The van der Waals surface area contributed by atoms with Crippen molar-refractivity contribution in [2.75, 3.05) is 0 Å². The Bertz CT molecular complexity index is 639. The largest absolute Gasteiger partial charge is 0.347 e. The van der Waals surface area contributed by atoms with Gasteiger partial charge in [-0.15, -0.1) is 0 Å². The van der Waals surface area contributed by atoms with Gasteiger partial charge in [-0.2, -0.15) is 0 Å². The highest BCUT2D eigenvalue weighted by molar-refractivity contribution is 9.10. The van der Waals surface area contributed by atoms with E-state index in [1.54, 1.807) is 13.0 Å². The van der Waals surface area contributed by atoms with Crippen molar-refractivity contribution in [3.05, 3.63) is 27.7 Å². The molecule has 20 heavy (non-hydrogen) atoms. The van der Waals surface area contributed by atoms with Crippen molar-refractivity contribution in [2.24, 2.45) is 5.14 Å². The minimum absolute atomic E-state index is 0.0497. The Labute approximate surface area is 128 Å². The number of halogens is 1. The molecule has 0 aromatic heterocycles. The molecule has 0 saturated carbocycles. The molecule has 0 fully saturated rings. The van der Waals surface area contributed by atoms with Gasteiger partial charge in [0.05, 0.1) is 4.90 Å². The summed E-state index contributed by atoms with van der Waals surface area (Å²) in [5.74, 6) is -0.319. The van der Waals surface area contributed by atoms with Crippen molar-refractivity contribution in [1.29, 1.82) is 0 Å². The fourth-order valence-corrected chi connectivity index (χ4v) is 3.09. The van der Waals surface area contributed by atoms with E-state index in [-0.39, 0.29) is 16.3 Å². The third kappa shape index (κ3) is 4.04. The van der Waals surface area contributed by atoms with Gasteiger partial charge in [-0.3, -0.25) is 4.79 Å². The van der Waals surface area contributed by atoms with Crippen LogP contribution in [-0.4, -0.2) is 19.9 Å². The third-order valence-corrected chi connectivity index (χ3v) is 4.71. The maximum Gasteiger partial charge on any atom is 0.252 e. The summed E-state index contributed by atoms with van der Waals surface area (Å²) >= 11 is 3.20. The second kappa shape index (κ2) is 5.83. The Morgan fingerprint density at radius 3 is 2.40 bits per heavy atom. The zero-order valence-corrected chi connectivity index (χ0v) is 14.4. The van der Waals surface area contributed by atoms with Gasteiger partial charge in [-0.25, -0.2) is 13.6 Å². The van der Waals surface area contributed by atoms with E-state index in [0.29, 0.717) is 15.6 Å². The molecule has 1 amide bonds. The Morgan fingerprint density at radius 2 is 1.95 bits per heavy atom. The molecule has 0 bridgehead atoms. The highest BCUT2D eigenvalue weighted by Gasteiger charge is 2.23. The number of hydrogen-bond donors (Lipinski definition) is 2. The van der Waals surface area contributed by atoms with E-state index in [2.05, 4.69) is 21.2 Å².